The SMILES string of the molecule is CCCCC/C=C\C=C/[C@@H](O)C/C=C\C/C=C/CCCC(=O)OC[C@@H](O)COC(=O)CCCCCCCCCCCCCCCCCCC(C)C. The van der Waals surface area contributed by atoms with Crippen LogP contribution in [0.15, 0.2) is 48.6 Å². The van der Waals surface area contributed by atoms with E-state index < -0.39 is 12.2 Å². The average Bonchev–Trinajstić information content (AvgIpc) is 3.11. The maximum absolute atomic E-state index is 12.0. The standard InChI is InChI=1S/C45H80O6/c1-4-5-6-7-19-25-30-35-42(46)36-31-26-21-18-23-28-33-38-45(49)51-40-43(47)39-50-44(48)37-32-27-22-17-15-13-11-9-8-10-12-14-16-20-24-29-34-41(2)3/h18-19,23,25-26,30-31,35,41-43,46-47H,4-17,20-22,24,27-29,32-34,36-40H2,1-3H3/b23-18+,25-19-,31-26-,35-30-/t42-,43+/m1/s1. The summed E-state index contributed by atoms with van der Waals surface area (Å²) < 4.78 is 10.3. The number of hydrogen-bond donors (Lipinski definition) is 2. The van der Waals surface area contributed by atoms with Gasteiger partial charge in [0, 0.05) is 12.8 Å². The summed E-state index contributed by atoms with van der Waals surface area (Å²) in [5.41, 5.74) is 0. The Hall–Kier alpha value is -2.18. The maximum Gasteiger partial charge on any atom is 0.305 e. The first kappa shape index (κ1) is 48.8. The van der Waals surface area contributed by atoms with Gasteiger partial charge in [0.1, 0.15) is 19.3 Å². The van der Waals surface area contributed by atoms with Crippen molar-refractivity contribution in [2.24, 2.45) is 5.92 Å². The van der Waals surface area contributed by atoms with Crippen LogP contribution in [0.4, 0.5) is 0 Å². The molecule has 0 aliphatic heterocycles. The minimum Gasteiger partial charge on any atom is -0.463 e. The number of ether oxygens (including phenoxy) is 2. The number of unbranched alkanes of at least 4 members (excludes halogenated alkanes) is 19. The van der Waals surface area contributed by atoms with Gasteiger partial charge in [0.05, 0.1) is 6.10 Å². The zero-order valence-corrected chi connectivity index (χ0v) is 33.4. The van der Waals surface area contributed by atoms with Crippen LogP contribution in [0.25, 0.3) is 0 Å². The monoisotopic (exact) mass is 717 g/mol. The number of allylic oxidation sites excluding steroid dienone is 6. The zero-order valence-electron chi connectivity index (χ0n) is 33.4. The number of esters is 2. The van der Waals surface area contributed by atoms with Crippen LogP contribution in [0.2, 0.25) is 0 Å². The lowest BCUT2D eigenvalue weighted by Crippen LogP contribution is -2.25. The van der Waals surface area contributed by atoms with Crippen LogP contribution in [0, 0.1) is 5.92 Å². The van der Waals surface area contributed by atoms with Crippen molar-refractivity contribution >= 4 is 11.9 Å². The van der Waals surface area contributed by atoms with E-state index >= 15 is 0 Å². The van der Waals surface area contributed by atoms with E-state index in [0.29, 0.717) is 19.3 Å². The highest BCUT2D eigenvalue weighted by Gasteiger charge is 2.12. The molecule has 0 aliphatic rings. The summed E-state index contributed by atoms with van der Waals surface area (Å²) >= 11 is 0. The van der Waals surface area contributed by atoms with Gasteiger partial charge in [-0.05, 0) is 50.9 Å². The number of carbonyl (C=O) groups is 2. The molecule has 0 saturated carbocycles. The smallest absolute Gasteiger partial charge is 0.305 e. The van der Waals surface area contributed by atoms with E-state index in [1.54, 1.807) is 0 Å². The Morgan fingerprint density at radius 1 is 0.549 bits per heavy atom. The summed E-state index contributed by atoms with van der Waals surface area (Å²) in [6.07, 6.45) is 44.9. The molecule has 6 heteroatoms. The van der Waals surface area contributed by atoms with E-state index in [9.17, 15) is 19.8 Å². The lowest BCUT2D eigenvalue weighted by Gasteiger charge is -2.12. The molecule has 0 bridgehead atoms. The van der Waals surface area contributed by atoms with Crippen LogP contribution < -0.4 is 0 Å². The van der Waals surface area contributed by atoms with Gasteiger partial charge in [-0.3, -0.25) is 9.59 Å². The molecule has 6 nitrogen and oxygen atoms in total. The summed E-state index contributed by atoms with van der Waals surface area (Å²) in [6.45, 7) is 6.52. The lowest BCUT2D eigenvalue weighted by molar-refractivity contribution is -0.152. The third kappa shape index (κ3) is 40.4. The molecule has 51 heavy (non-hydrogen) atoms. The predicted molar refractivity (Wildman–Crippen MR) is 216 cm³/mol. The Morgan fingerprint density at radius 2 is 1.04 bits per heavy atom. The van der Waals surface area contributed by atoms with Crippen LogP contribution in [0.5, 0.6) is 0 Å². The second-order valence-electron chi connectivity index (χ2n) is 14.8. The lowest BCUT2D eigenvalue weighted by atomic mass is 10.0. The van der Waals surface area contributed by atoms with Crippen molar-refractivity contribution < 1.29 is 29.3 Å². The molecule has 0 aromatic heterocycles. The Labute approximate surface area is 314 Å². The summed E-state index contributed by atoms with van der Waals surface area (Å²) in [6, 6.07) is 0. The molecule has 0 amide bonds. The average molecular weight is 717 g/mol. The van der Waals surface area contributed by atoms with Gasteiger partial charge >= 0.3 is 11.9 Å². The van der Waals surface area contributed by atoms with Crippen LogP contribution >= 0.6 is 0 Å². The third-order valence-corrected chi connectivity index (χ3v) is 9.08. The van der Waals surface area contributed by atoms with E-state index in [1.165, 1.54) is 109 Å². The molecule has 0 rings (SSSR count). The van der Waals surface area contributed by atoms with Gasteiger partial charge in [-0.2, -0.15) is 0 Å². The fourth-order valence-corrected chi connectivity index (χ4v) is 5.81. The number of aliphatic hydroxyl groups excluding tert-OH is 2. The van der Waals surface area contributed by atoms with Crippen molar-refractivity contribution in [3.63, 3.8) is 0 Å². The minimum absolute atomic E-state index is 0.149. The normalized spacial score (nSPS) is 13.4. The number of aliphatic hydroxyl groups is 2. The van der Waals surface area contributed by atoms with E-state index in [2.05, 4.69) is 26.8 Å². The maximum atomic E-state index is 12.0. The molecule has 0 aromatic carbocycles. The summed E-state index contributed by atoms with van der Waals surface area (Å²) in [7, 11) is 0. The summed E-state index contributed by atoms with van der Waals surface area (Å²) in [4.78, 5) is 24.0. The quantitative estimate of drug-likeness (QED) is 0.0288. The molecule has 0 aromatic rings. The molecular weight excluding hydrogens is 636 g/mol. The first-order chi connectivity index (χ1) is 24.8. The van der Waals surface area contributed by atoms with Crippen molar-refractivity contribution in [3.8, 4) is 0 Å². The van der Waals surface area contributed by atoms with Crippen LogP contribution in [0.3, 0.4) is 0 Å². The molecule has 0 unspecified atom stereocenters. The predicted octanol–water partition coefficient (Wildman–Crippen LogP) is 12.2. The summed E-state index contributed by atoms with van der Waals surface area (Å²) in [5, 5.41) is 20.0. The highest BCUT2D eigenvalue weighted by molar-refractivity contribution is 5.69. The van der Waals surface area contributed by atoms with Crippen LogP contribution in [-0.4, -0.2) is 47.6 Å². The third-order valence-electron chi connectivity index (χ3n) is 9.08. The molecule has 0 heterocycles. The Kier molecular flexibility index (Phi) is 37.4. The molecule has 296 valence electrons. The van der Waals surface area contributed by atoms with E-state index in [1.807, 2.05) is 42.5 Å². The van der Waals surface area contributed by atoms with Gasteiger partial charge in [0.15, 0.2) is 0 Å². The Morgan fingerprint density at radius 3 is 1.59 bits per heavy atom. The topological polar surface area (TPSA) is 93.1 Å². The molecule has 0 radical (unpaired) electrons. The van der Waals surface area contributed by atoms with E-state index in [-0.39, 0.29) is 31.6 Å². The number of hydrogen-bond acceptors (Lipinski definition) is 6. The Bertz CT molecular complexity index is 889. The van der Waals surface area contributed by atoms with Crippen molar-refractivity contribution in [1.29, 1.82) is 0 Å². The zero-order chi connectivity index (χ0) is 37.5. The van der Waals surface area contributed by atoms with Gasteiger partial charge < -0.3 is 19.7 Å². The number of rotatable bonds is 37. The van der Waals surface area contributed by atoms with Gasteiger partial charge in [0.25, 0.3) is 0 Å². The van der Waals surface area contributed by atoms with Gasteiger partial charge in [0.2, 0.25) is 0 Å². The molecule has 0 spiro atoms. The van der Waals surface area contributed by atoms with Gasteiger partial charge in [-0.1, -0.05) is 185 Å². The molecule has 2 atom stereocenters. The first-order valence-corrected chi connectivity index (χ1v) is 21.2. The van der Waals surface area contributed by atoms with E-state index in [4.69, 9.17) is 9.47 Å². The highest BCUT2D eigenvalue weighted by atomic mass is 16.6. The molecule has 0 aliphatic carbocycles. The van der Waals surface area contributed by atoms with E-state index in [0.717, 1.165) is 44.4 Å². The fraction of sp³-hybridized carbons (Fsp3) is 0.778. The van der Waals surface area contributed by atoms with Crippen molar-refractivity contribution in [3.05, 3.63) is 48.6 Å². The Balaban J connectivity index is 3.55. The molecular formula is C45H80O6. The van der Waals surface area contributed by atoms with Crippen LogP contribution in [-0.2, 0) is 19.1 Å². The van der Waals surface area contributed by atoms with Crippen LogP contribution in [0.1, 0.15) is 194 Å². The largest absolute Gasteiger partial charge is 0.463 e. The van der Waals surface area contributed by atoms with Crippen molar-refractivity contribution in [2.75, 3.05) is 13.2 Å². The molecule has 2 N–H and O–H groups in total. The molecule has 0 saturated heterocycles. The fourth-order valence-electron chi connectivity index (χ4n) is 5.81. The minimum atomic E-state index is -1.00. The van der Waals surface area contributed by atoms with Crippen molar-refractivity contribution in [2.45, 2.75) is 206 Å². The molecule has 0 fully saturated rings. The second kappa shape index (κ2) is 39.0. The van der Waals surface area contributed by atoms with Gasteiger partial charge in [-0.25, -0.2) is 0 Å². The first-order valence-electron chi connectivity index (χ1n) is 21.2. The number of carbonyl (C=O) groups excluding carboxylic acids is 2. The van der Waals surface area contributed by atoms with Crippen molar-refractivity contribution in [1.82, 2.24) is 0 Å². The summed E-state index contributed by atoms with van der Waals surface area (Å²) in [5.74, 6) is 0.188. The highest BCUT2D eigenvalue weighted by Crippen LogP contribution is 2.15. The second-order valence-corrected chi connectivity index (χ2v) is 14.8. The van der Waals surface area contributed by atoms with Gasteiger partial charge in [-0.15, -0.1) is 0 Å².